The zero-order valence-corrected chi connectivity index (χ0v) is 19.8. The summed E-state index contributed by atoms with van der Waals surface area (Å²) in [6.45, 7) is 3.52. The van der Waals surface area contributed by atoms with Crippen LogP contribution in [0.3, 0.4) is 0 Å². The first-order valence-electron chi connectivity index (χ1n) is 10.3. The number of aliphatic imine (C=N–C) groups is 1. The lowest BCUT2D eigenvalue weighted by atomic mass is 9.96. The van der Waals surface area contributed by atoms with Crippen LogP contribution in [0.5, 0.6) is 17.2 Å². The molecule has 0 spiro atoms. The van der Waals surface area contributed by atoms with E-state index in [4.69, 9.17) is 19.2 Å². The number of nitrogens with zero attached hydrogens (tertiary/aromatic N) is 1. The molecule has 2 aliphatic heterocycles. The predicted octanol–water partition coefficient (Wildman–Crippen LogP) is 4.48. The monoisotopic (exact) mass is 523 g/mol. The lowest BCUT2D eigenvalue weighted by Crippen LogP contribution is -2.47. The summed E-state index contributed by atoms with van der Waals surface area (Å²) in [6.07, 6.45) is 4.17. The Kier molecular flexibility index (Phi) is 8.21. The van der Waals surface area contributed by atoms with Gasteiger partial charge in [0, 0.05) is 6.54 Å². The number of ether oxygens (including phenoxy) is 3. The van der Waals surface area contributed by atoms with Crippen molar-refractivity contribution < 1.29 is 14.2 Å². The molecule has 2 heterocycles. The molecule has 162 valence electrons. The number of hydrogen-bond acceptors (Lipinski definition) is 4. The molecule has 3 unspecified atom stereocenters. The molecule has 3 atom stereocenters. The first-order chi connectivity index (χ1) is 14.2. The third-order valence-electron chi connectivity index (χ3n) is 5.41. The first-order valence-corrected chi connectivity index (χ1v) is 10.3. The van der Waals surface area contributed by atoms with Crippen molar-refractivity contribution in [3.8, 4) is 17.2 Å². The van der Waals surface area contributed by atoms with Crippen molar-refractivity contribution in [2.45, 2.75) is 51.0 Å². The van der Waals surface area contributed by atoms with E-state index in [9.17, 15) is 0 Å². The van der Waals surface area contributed by atoms with Crippen LogP contribution in [0.2, 0.25) is 0 Å². The smallest absolute Gasteiger partial charge is 0.191 e. The molecule has 6 nitrogen and oxygen atoms in total. The van der Waals surface area contributed by atoms with Crippen molar-refractivity contribution in [1.29, 1.82) is 0 Å². The van der Waals surface area contributed by atoms with E-state index in [0.717, 1.165) is 36.7 Å². The molecular weight excluding hydrogens is 493 g/mol. The summed E-state index contributed by atoms with van der Waals surface area (Å²) in [7, 11) is 1.64. The summed E-state index contributed by atoms with van der Waals surface area (Å²) >= 11 is 0. The molecule has 4 rings (SSSR count). The molecule has 0 aromatic heterocycles. The molecular formula is C23H30IN3O3. The van der Waals surface area contributed by atoms with Crippen LogP contribution in [0, 0.1) is 0 Å². The van der Waals surface area contributed by atoms with Crippen molar-refractivity contribution in [3.05, 3.63) is 54.1 Å². The van der Waals surface area contributed by atoms with E-state index in [2.05, 4.69) is 17.6 Å². The van der Waals surface area contributed by atoms with E-state index in [0.29, 0.717) is 36.3 Å². The predicted molar refractivity (Wildman–Crippen MR) is 129 cm³/mol. The van der Waals surface area contributed by atoms with Crippen molar-refractivity contribution in [3.63, 3.8) is 0 Å². The quantitative estimate of drug-likeness (QED) is 0.319. The molecule has 2 aromatic carbocycles. The van der Waals surface area contributed by atoms with Gasteiger partial charge in [0.2, 0.25) is 0 Å². The molecule has 2 bridgehead atoms. The summed E-state index contributed by atoms with van der Waals surface area (Å²) in [5.41, 5.74) is 1.12. The van der Waals surface area contributed by atoms with Gasteiger partial charge in [-0.2, -0.15) is 0 Å². The molecule has 2 aromatic rings. The average Bonchev–Trinajstić information content (AvgIpc) is 3.37. The summed E-state index contributed by atoms with van der Waals surface area (Å²) in [4.78, 5) is 4.75. The van der Waals surface area contributed by atoms with Crippen LogP contribution in [0.15, 0.2) is 53.5 Å². The van der Waals surface area contributed by atoms with Crippen molar-refractivity contribution in [1.82, 2.24) is 10.6 Å². The van der Waals surface area contributed by atoms with Gasteiger partial charge in [0.25, 0.3) is 0 Å². The molecule has 0 amide bonds. The Bertz CT molecular complexity index is 844. The average molecular weight is 523 g/mol. The number of halogens is 1. The Hall–Kier alpha value is -2.00. The third kappa shape index (κ3) is 5.57. The highest BCUT2D eigenvalue weighted by atomic mass is 127. The second kappa shape index (κ2) is 10.9. The fourth-order valence-electron chi connectivity index (χ4n) is 3.95. The number of fused-ring (bicyclic) bond motifs is 2. The summed E-state index contributed by atoms with van der Waals surface area (Å²) in [5, 5.41) is 6.89. The maximum absolute atomic E-state index is 5.94. The van der Waals surface area contributed by atoms with E-state index < -0.39 is 0 Å². The van der Waals surface area contributed by atoms with E-state index in [1.54, 1.807) is 7.11 Å². The highest BCUT2D eigenvalue weighted by Gasteiger charge is 2.41. The van der Waals surface area contributed by atoms with E-state index in [-0.39, 0.29) is 24.0 Å². The van der Waals surface area contributed by atoms with Crippen molar-refractivity contribution in [2.24, 2.45) is 4.99 Å². The number of benzene rings is 2. The zero-order valence-electron chi connectivity index (χ0n) is 17.5. The van der Waals surface area contributed by atoms with Gasteiger partial charge in [0.05, 0.1) is 31.9 Å². The van der Waals surface area contributed by atoms with Crippen LogP contribution in [0.25, 0.3) is 0 Å². The van der Waals surface area contributed by atoms with E-state index >= 15 is 0 Å². The zero-order chi connectivity index (χ0) is 20.1. The second-order valence-corrected chi connectivity index (χ2v) is 7.45. The van der Waals surface area contributed by atoms with Crippen molar-refractivity contribution >= 4 is 29.9 Å². The van der Waals surface area contributed by atoms with Gasteiger partial charge in [-0.15, -0.1) is 24.0 Å². The minimum Gasteiger partial charge on any atom is -0.493 e. The molecule has 0 radical (unpaired) electrons. The fraction of sp³-hybridized carbons (Fsp3) is 0.435. The SMILES string of the molecule is CCNC(=NCc1ccc(Oc2ccccc2OC)cc1)NC1CC2CCC1O2.I. The number of methoxy groups -OCH3 is 1. The molecule has 2 aliphatic rings. The van der Waals surface area contributed by atoms with Crippen LogP contribution >= 0.6 is 24.0 Å². The summed E-state index contributed by atoms with van der Waals surface area (Å²) in [6, 6.07) is 16.0. The highest BCUT2D eigenvalue weighted by molar-refractivity contribution is 14.0. The number of guanidine groups is 1. The van der Waals surface area contributed by atoms with Gasteiger partial charge in [0.1, 0.15) is 5.75 Å². The molecule has 7 heteroatoms. The van der Waals surface area contributed by atoms with Crippen LogP contribution in [-0.4, -0.2) is 37.9 Å². The minimum absolute atomic E-state index is 0. The summed E-state index contributed by atoms with van der Waals surface area (Å²) < 4.78 is 17.2. The van der Waals surface area contributed by atoms with Gasteiger partial charge >= 0.3 is 0 Å². The van der Waals surface area contributed by atoms with Gasteiger partial charge < -0.3 is 24.8 Å². The largest absolute Gasteiger partial charge is 0.493 e. The Balaban J connectivity index is 0.00000256. The van der Waals surface area contributed by atoms with Crippen LogP contribution < -0.4 is 20.1 Å². The Morgan fingerprint density at radius 3 is 2.50 bits per heavy atom. The number of rotatable bonds is 7. The number of para-hydroxylation sites is 2. The topological polar surface area (TPSA) is 64.1 Å². The van der Waals surface area contributed by atoms with Gasteiger partial charge in [-0.25, -0.2) is 4.99 Å². The van der Waals surface area contributed by atoms with Gasteiger partial charge in [0.15, 0.2) is 17.5 Å². The van der Waals surface area contributed by atoms with Crippen LogP contribution in [0.1, 0.15) is 31.7 Å². The minimum atomic E-state index is 0. The normalized spacial score (nSPS) is 22.3. The molecule has 2 N–H and O–H groups in total. The van der Waals surface area contributed by atoms with Crippen LogP contribution in [0.4, 0.5) is 0 Å². The standard InChI is InChI=1S/C23H29N3O3.HI/c1-3-24-23(26-19-14-18-12-13-20(19)29-18)25-15-16-8-10-17(11-9-16)28-22-7-5-4-6-21(22)27-2;/h4-11,18-20H,3,12-15H2,1-2H3,(H2,24,25,26);1H. The van der Waals surface area contributed by atoms with E-state index in [1.165, 1.54) is 6.42 Å². The van der Waals surface area contributed by atoms with E-state index in [1.807, 2.05) is 48.5 Å². The molecule has 2 fully saturated rings. The molecule has 30 heavy (non-hydrogen) atoms. The molecule has 2 saturated heterocycles. The van der Waals surface area contributed by atoms with Gasteiger partial charge in [-0.3, -0.25) is 0 Å². The Morgan fingerprint density at radius 2 is 1.87 bits per heavy atom. The number of nitrogens with one attached hydrogen (secondary N) is 2. The first kappa shape index (κ1) is 22.7. The lowest BCUT2D eigenvalue weighted by Gasteiger charge is -2.22. The third-order valence-corrected chi connectivity index (χ3v) is 5.41. The maximum atomic E-state index is 5.94. The lowest BCUT2D eigenvalue weighted by molar-refractivity contribution is 0.0992. The van der Waals surface area contributed by atoms with Gasteiger partial charge in [-0.05, 0) is 56.0 Å². The van der Waals surface area contributed by atoms with Crippen LogP contribution in [-0.2, 0) is 11.3 Å². The Labute approximate surface area is 195 Å². The maximum Gasteiger partial charge on any atom is 0.191 e. The van der Waals surface area contributed by atoms with Crippen molar-refractivity contribution in [2.75, 3.05) is 13.7 Å². The molecule has 0 aliphatic carbocycles. The van der Waals surface area contributed by atoms with Gasteiger partial charge in [-0.1, -0.05) is 24.3 Å². The fourth-order valence-corrected chi connectivity index (χ4v) is 3.95. The second-order valence-electron chi connectivity index (χ2n) is 7.45. The summed E-state index contributed by atoms with van der Waals surface area (Å²) in [5.74, 6) is 3.04. The highest BCUT2D eigenvalue weighted by Crippen LogP contribution is 2.34. The Morgan fingerprint density at radius 1 is 1.10 bits per heavy atom. The number of hydrogen-bond donors (Lipinski definition) is 2. The molecule has 0 saturated carbocycles.